The molecule has 0 spiro atoms. The minimum Gasteiger partial charge on any atom is -0.348 e. The van der Waals surface area contributed by atoms with Crippen molar-refractivity contribution >= 4 is 20.7 Å². The van der Waals surface area contributed by atoms with Gasteiger partial charge in [0.25, 0.3) is 0 Å². The molecule has 0 amide bonds. The zero-order valence-corrected chi connectivity index (χ0v) is 14.5. The van der Waals surface area contributed by atoms with Crippen molar-refractivity contribution in [2.24, 2.45) is 7.05 Å². The quantitative estimate of drug-likeness (QED) is 0.718. The SMILES string of the molecule is CCCc1cc2ccc(S(=O)(=O)c3ccc(C)cc3)cc2n1C. The minimum atomic E-state index is -3.48. The van der Waals surface area contributed by atoms with Gasteiger partial charge in [0.2, 0.25) is 9.84 Å². The number of rotatable bonds is 4. The van der Waals surface area contributed by atoms with Crippen molar-refractivity contribution in [1.82, 2.24) is 4.57 Å². The van der Waals surface area contributed by atoms with Crippen LogP contribution >= 0.6 is 0 Å². The molecule has 0 bridgehead atoms. The Morgan fingerprint density at radius 2 is 1.61 bits per heavy atom. The first-order valence-electron chi connectivity index (χ1n) is 7.83. The Labute approximate surface area is 137 Å². The molecule has 0 N–H and O–H groups in total. The van der Waals surface area contributed by atoms with Crippen molar-refractivity contribution in [3.8, 4) is 0 Å². The maximum atomic E-state index is 12.8. The molecule has 3 nitrogen and oxygen atoms in total. The molecule has 1 aromatic heterocycles. The zero-order valence-electron chi connectivity index (χ0n) is 13.7. The molecular weight excluding hydrogens is 306 g/mol. The Bertz CT molecular complexity index is 951. The van der Waals surface area contributed by atoms with Crippen molar-refractivity contribution < 1.29 is 8.42 Å². The fourth-order valence-electron chi connectivity index (χ4n) is 2.88. The lowest BCUT2D eigenvalue weighted by Gasteiger charge is -2.07. The average Bonchev–Trinajstić information content (AvgIpc) is 2.84. The third-order valence-electron chi connectivity index (χ3n) is 4.26. The fraction of sp³-hybridized carbons (Fsp3) is 0.263. The largest absolute Gasteiger partial charge is 0.348 e. The second-order valence-corrected chi connectivity index (χ2v) is 7.93. The standard InChI is InChI=1S/C19H21NO2S/c1-4-5-16-12-15-8-11-18(13-19(15)20(16)3)23(21,22)17-9-6-14(2)7-10-17/h6-13H,4-5H2,1-3H3. The van der Waals surface area contributed by atoms with Crippen LogP contribution in [0.15, 0.2) is 58.3 Å². The molecule has 23 heavy (non-hydrogen) atoms. The highest BCUT2D eigenvalue weighted by atomic mass is 32.2. The molecule has 4 heteroatoms. The molecule has 1 heterocycles. The molecule has 0 unspecified atom stereocenters. The zero-order chi connectivity index (χ0) is 16.6. The van der Waals surface area contributed by atoms with E-state index in [2.05, 4.69) is 17.6 Å². The summed E-state index contributed by atoms with van der Waals surface area (Å²) in [5.74, 6) is 0. The van der Waals surface area contributed by atoms with Gasteiger partial charge in [-0.25, -0.2) is 8.42 Å². The molecule has 0 radical (unpaired) electrons. The normalized spacial score (nSPS) is 12.0. The molecule has 0 aliphatic heterocycles. The number of aromatic nitrogens is 1. The van der Waals surface area contributed by atoms with Gasteiger partial charge in [-0.2, -0.15) is 0 Å². The van der Waals surface area contributed by atoms with E-state index >= 15 is 0 Å². The van der Waals surface area contributed by atoms with Crippen molar-refractivity contribution in [1.29, 1.82) is 0 Å². The van der Waals surface area contributed by atoms with Crippen LogP contribution in [0, 0.1) is 6.92 Å². The van der Waals surface area contributed by atoms with Crippen LogP contribution in [0.3, 0.4) is 0 Å². The molecule has 3 aromatic rings. The highest BCUT2D eigenvalue weighted by molar-refractivity contribution is 7.91. The summed E-state index contributed by atoms with van der Waals surface area (Å²) in [7, 11) is -1.48. The van der Waals surface area contributed by atoms with E-state index in [1.165, 1.54) is 5.69 Å². The molecule has 0 aliphatic carbocycles. The van der Waals surface area contributed by atoms with Crippen molar-refractivity contribution in [3.05, 3.63) is 59.8 Å². The number of hydrogen-bond acceptors (Lipinski definition) is 2. The van der Waals surface area contributed by atoms with Gasteiger partial charge in [-0.3, -0.25) is 0 Å². The van der Waals surface area contributed by atoms with Crippen LogP contribution < -0.4 is 0 Å². The van der Waals surface area contributed by atoms with E-state index in [4.69, 9.17) is 0 Å². The summed E-state index contributed by atoms with van der Waals surface area (Å²) in [6, 6.07) is 14.5. The van der Waals surface area contributed by atoms with E-state index in [1.54, 1.807) is 24.3 Å². The van der Waals surface area contributed by atoms with Gasteiger partial charge in [0.1, 0.15) is 0 Å². The summed E-state index contributed by atoms with van der Waals surface area (Å²) in [5.41, 5.74) is 3.24. The predicted octanol–water partition coefficient (Wildman–Crippen LogP) is 4.27. The Morgan fingerprint density at radius 1 is 0.957 bits per heavy atom. The lowest BCUT2D eigenvalue weighted by Crippen LogP contribution is -2.02. The molecule has 0 saturated carbocycles. The monoisotopic (exact) mass is 327 g/mol. The number of benzene rings is 2. The van der Waals surface area contributed by atoms with Crippen LogP contribution in [-0.2, 0) is 23.3 Å². The van der Waals surface area contributed by atoms with Gasteiger partial charge >= 0.3 is 0 Å². The van der Waals surface area contributed by atoms with Gasteiger partial charge in [-0.05, 0) is 49.1 Å². The third-order valence-corrected chi connectivity index (χ3v) is 6.03. The maximum absolute atomic E-state index is 12.8. The van der Waals surface area contributed by atoms with E-state index in [-0.39, 0.29) is 0 Å². The van der Waals surface area contributed by atoms with Crippen LogP contribution in [0.4, 0.5) is 0 Å². The van der Waals surface area contributed by atoms with Crippen molar-refractivity contribution in [2.45, 2.75) is 36.5 Å². The number of sulfone groups is 1. The van der Waals surface area contributed by atoms with Gasteiger partial charge in [-0.1, -0.05) is 37.1 Å². The molecule has 0 aliphatic rings. The topological polar surface area (TPSA) is 39.1 Å². The highest BCUT2D eigenvalue weighted by Gasteiger charge is 2.18. The van der Waals surface area contributed by atoms with Gasteiger partial charge in [-0.15, -0.1) is 0 Å². The summed E-state index contributed by atoms with van der Waals surface area (Å²) in [4.78, 5) is 0.684. The Kier molecular flexibility index (Phi) is 4.02. The fourth-order valence-corrected chi connectivity index (χ4v) is 4.16. The second-order valence-electron chi connectivity index (χ2n) is 5.98. The summed E-state index contributed by atoms with van der Waals surface area (Å²) < 4.78 is 27.7. The smallest absolute Gasteiger partial charge is 0.206 e. The number of aryl methyl sites for hydroxylation is 3. The van der Waals surface area contributed by atoms with Gasteiger partial charge in [0.05, 0.1) is 9.79 Å². The van der Waals surface area contributed by atoms with Crippen LogP contribution in [0.1, 0.15) is 24.6 Å². The lowest BCUT2D eigenvalue weighted by atomic mass is 10.2. The Hall–Kier alpha value is -2.07. The summed E-state index contributed by atoms with van der Waals surface area (Å²) in [6.07, 6.45) is 2.06. The molecule has 2 aromatic carbocycles. The van der Waals surface area contributed by atoms with Gasteiger partial charge < -0.3 is 4.57 Å². The molecule has 0 atom stereocenters. The average molecular weight is 327 g/mol. The lowest BCUT2D eigenvalue weighted by molar-refractivity contribution is 0.596. The summed E-state index contributed by atoms with van der Waals surface area (Å²) >= 11 is 0. The van der Waals surface area contributed by atoms with Crippen LogP contribution in [0.2, 0.25) is 0 Å². The van der Waals surface area contributed by atoms with Crippen LogP contribution in [0.5, 0.6) is 0 Å². The first kappa shape index (κ1) is 15.8. The van der Waals surface area contributed by atoms with Crippen molar-refractivity contribution in [3.63, 3.8) is 0 Å². The first-order valence-corrected chi connectivity index (χ1v) is 9.32. The van der Waals surface area contributed by atoms with Gasteiger partial charge in [0, 0.05) is 18.3 Å². The van der Waals surface area contributed by atoms with Gasteiger partial charge in [0.15, 0.2) is 0 Å². The maximum Gasteiger partial charge on any atom is 0.206 e. The summed E-state index contributed by atoms with van der Waals surface area (Å²) in [6.45, 7) is 4.09. The molecular formula is C19H21NO2S. The molecule has 0 saturated heterocycles. The van der Waals surface area contributed by atoms with Crippen LogP contribution in [0.25, 0.3) is 10.9 Å². The molecule has 120 valence electrons. The van der Waals surface area contributed by atoms with E-state index in [0.29, 0.717) is 9.79 Å². The number of nitrogens with zero attached hydrogens (tertiary/aromatic N) is 1. The van der Waals surface area contributed by atoms with E-state index in [1.807, 2.05) is 32.2 Å². The van der Waals surface area contributed by atoms with E-state index in [9.17, 15) is 8.42 Å². The second kappa shape index (κ2) is 5.85. The Balaban J connectivity index is 2.12. The third kappa shape index (κ3) is 2.79. The van der Waals surface area contributed by atoms with E-state index < -0.39 is 9.84 Å². The molecule has 0 fully saturated rings. The van der Waals surface area contributed by atoms with E-state index in [0.717, 1.165) is 29.3 Å². The number of hydrogen-bond donors (Lipinski definition) is 0. The predicted molar refractivity (Wildman–Crippen MR) is 93.5 cm³/mol. The van der Waals surface area contributed by atoms with Crippen molar-refractivity contribution in [2.75, 3.05) is 0 Å². The Morgan fingerprint density at radius 3 is 2.26 bits per heavy atom. The molecule has 3 rings (SSSR count). The first-order chi connectivity index (χ1) is 10.9. The highest BCUT2D eigenvalue weighted by Crippen LogP contribution is 2.27. The minimum absolute atomic E-state index is 0.338. The number of fused-ring (bicyclic) bond motifs is 1. The summed E-state index contributed by atoms with van der Waals surface area (Å²) in [5, 5.41) is 1.08. The van der Waals surface area contributed by atoms with Crippen LogP contribution in [-0.4, -0.2) is 13.0 Å².